The fraction of sp³-hybridized carbons (Fsp3) is 0.643. The van der Waals surface area contributed by atoms with Crippen LogP contribution in [0.15, 0.2) is 11.8 Å². The summed E-state index contributed by atoms with van der Waals surface area (Å²) in [6, 6.07) is 0.230. The quantitative estimate of drug-likeness (QED) is 0.592. The van der Waals surface area contributed by atoms with Gasteiger partial charge in [-0.2, -0.15) is 0 Å². The Bertz CT molecular complexity index is 507. The Morgan fingerprint density at radius 2 is 2.05 bits per heavy atom. The zero-order chi connectivity index (χ0) is 14.3. The van der Waals surface area contributed by atoms with Crippen LogP contribution in [0.5, 0.6) is 0 Å². The molecule has 1 unspecified atom stereocenters. The Hall–Kier alpha value is -1.69. The van der Waals surface area contributed by atoms with E-state index in [1.165, 1.54) is 5.32 Å². The van der Waals surface area contributed by atoms with Crippen LogP contribution in [0.2, 0.25) is 0 Å². The number of primary amides is 2. The summed E-state index contributed by atoms with van der Waals surface area (Å²) in [6.45, 7) is 0. The molecule has 2 amide bonds. The lowest BCUT2D eigenvalue weighted by atomic mass is 9.91. The first-order valence-corrected chi connectivity index (χ1v) is 7.25. The Morgan fingerprint density at radius 3 is 2.60 bits per heavy atom. The van der Waals surface area contributed by atoms with E-state index < -0.39 is 5.54 Å². The lowest BCUT2D eigenvalue weighted by molar-refractivity contribution is -0.479. The smallest absolute Gasteiger partial charge is 0.344 e. The highest BCUT2D eigenvalue weighted by molar-refractivity contribution is 6.08. The molecule has 2 aliphatic heterocycles. The van der Waals surface area contributed by atoms with Gasteiger partial charge in [0.05, 0.1) is 0 Å². The van der Waals surface area contributed by atoms with Crippen molar-refractivity contribution in [1.82, 2.24) is 10.2 Å². The van der Waals surface area contributed by atoms with Gasteiger partial charge in [0.1, 0.15) is 12.3 Å². The molecule has 6 nitrogen and oxygen atoms in total. The van der Waals surface area contributed by atoms with Gasteiger partial charge in [0.25, 0.3) is 0 Å². The second kappa shape index (κ2) is 4.70. The van der Waals surface area contributed by atoms with Crippen LogP contribution >= 0.6 is 0 Å². The molecule has 2 saturated heterocycles. The van der Waals surface area contributed by atoms with Gasteiger partial charge < -0.3 is 10.2 Å². The van der Waals surface area contributed by atoms with Crippen molar-refractivity contribution < 1.29 is 14.9 Å². The van der Waals surface area contributed by atoms with Crippen LogP contribution in [0.4, 0.5) is 0 Å². The van der Waals surface area contributed by atoms with Crippen LogP contribution in [0.1, 0.15) is 38.5 Å². The normalized spacial score (nSPS) is 33.1. The summed E-state index contributed by atoms with van der Waals surface area (Å²) in [6.07, 6.45) is 6.80. The fourth-order valence-corrected chi connectivity index (χ4v) is 3.90. The minimum absolute atomic E-state index is 0.100. The summed E-state index contributed by atoms with van der Waals surface area (Å²) in [5.41, 5.74) is 0.0297. The monoisotopic (exact) mass is 277 g/mol. The van der Waals surface area contributed by atoms with Crippen molar-refractivity contribution in [3.8, 4) is 0 Å². The molecule has 3 rings (SSSR count). The van der Waals surface area contributed by atoms with E-state index in [0.717, 1.165) is 31.3 Å². The number of quaternary nitrogens is 1. The summed E-state index contributed by atoms with van der Waals surface area (Å²) in [4.78, 5) is 26.1. The van der Waals surface area contributed by atoms with Crippen LogP contribution in [0.3, 0.4) is 0 Å². The highest BCUT2D eigenvalue weighted by Gasteiger charge is 2.62. The van der Waals surface area contributed by atoms with E-state index in [9.17, 15) is 9.59 Å². The minimum atomic E-state index is -0.800. The highest BCUT2D eigenvalue weighted by atomic mass is 16.2. The van der Waals surface area contributed by atoms with Gasteiger partial charge in [-0.1, -0.05) is 12.8 Å². The van der Waals surface area contributed by atoms with Gasteiger partial charge in [-0.3, -0.25) is 5.41 Å². The molecule has 1 saturated carbocycles. The maximum absolute atomic E-state index is 12.4. The third-order valence-corrected chi connectivity index (χ3v) is 4.71. The number of imide groups is 1. The second-order valence-electron chi connectivity index (χ2n) is 5.98. The van der Waals surface area contributed by atoms with Gasteiger partial charge in [0.15, 0.2) is 5.54 Å². The molecule has 3 fully saturated rings. The molecule has 1 aliphatic carbocycles. The van der Waals surface area contributed by atoms with Gasteiger partial charge >= 0.3 is 11.8 Å². The molecule has 0 radical (unpaired) electrons. The minimum Gasteiger partial charge on any atom is -0.394 e. The topological polar surface area (TPSA) is 89.9 Å². The summed E-state index contributed by atoms with van der Waals surface area (Å²) in [5.74, 6) is 0.206. The largest absolute Gasteiger partial charge is 0.394 e. The lowest BCUT2D eigenvalue weighted by Crippen LogP contribution is -2.90. The van der Waals surface area contributed by atoms with E-state index in [1.807, 2.05) is 4.90 Å². The molecular weight excluding hydrogens is 256 g/mol. The summed E-state index contributed by atoms with van der Waals surface area (Å²) >= 11 is 0. The van der Waals surface area contributed by atoms with Crippen LogP contribution in [-0.2, 0) is 9.59 Å². The van der Waals surface area contributed by atoms with Crippen LogP contribution in [-0.4, -0.2) is 41.2 Å². The Kier molecular flexibility index (Phi) is 3.12. The van der Waals surface area contributed by atoms with E-state index in [1.54, 1.807) is 13.2 Å². The van der Waals surface area contributed by atoms with Gasteiger partial charge in [0, 0.05) is 31.3 Å². The first-order valence-electron chi connectivity index (χ1n) is 7.25. The molecular formula is C14H21N4O2+. The standard InChI is InChI=1S/C14H20N4O2/c1-16-8-9-6-14(7-11(19)17-13(14)20)18(12(9)15)10-4-2-3-5-10/h8,10,15-16H,2-7H2,1H3,(H,17,19,20)/p+1. The summed E-state index contributed by atoms with van der Waals surface area (Å²) in [5, 5.41) is 12.6. The van der Waals surface area contributed by atoms with E-state index in [-0.39, 0.29) is 24.3 Å². The number of rotatable bonds is 2. The second-order valence-corrected chi connectivity index (χ2v) is 5.98. The van der Waals surface area contributed by atoms with Gasteiger partial charge in [0.2, 0.25) is 0 Å². The van der Waals surface area contributed by atoms with Gasteiger partial charge in [-0.25, -0.2) is 14.9 Å². The van der Waals surface area contributed by atoms with Crippen molar-refractivity contribution >= 4 is 17.6 Å². The SMILES string of the molecule is CNC=C1CC2(CC(=O)[NH2+]C2=O)N(C2CCCC2)C1=N. The van der Waals surface area contributed by atoms with Crippen molar-refractivity contribution in [3.63, 3.8) is 0 Å². The summed E-state index contributed by atoms with van der Waals surface area (Å²) < 4.78 is 0. The number of nitrogens with zero attached hydrogens (tertiary/aromatic N) is 1. The lowest BCUT2D eigenvalue weighted by Gasteiger charge is -2.35. The number of nitrogens with one attached hydrogen (secondary N) is 2. The van der Waals surface area contributed by atoms with Crippen molar-refractivity contribution in [2.45, 2.75) is 50.1 Å². The first-order chi connectivity index (χ1) is 9.58. The van der Waals surface area contributed by atoms with E-state index >= 15 is 0 Å². The van der Waals surface area contributed by atoms with Crippen LogP contribution in [0, 0.1) is 5.41 Å². The van der Waals surface area contributed by atoms with Crippen LogP contribution < -0.4 is 10.6 Å². The van der Waals surface area contributed by atoms with Crippen molar-refractivity contribution in [2.75, 3.05) is 7.05 Å². The van der Waals surface area contributed by atoms with E-state index in [4.69, 9.17) is 5.41 Å². The first kappa shape index (κ1) is 13.3. The highest BCUT2D eigenvalue weighted by Crippen LogP contribution is 2.42. The molecule has 0 aromatic rings. The Labute approximate surface area is 118 Å². The zero-order valence-electron chi connectivity index (χ0n) is 11.7. The molecule has 0 bridgehead atoms. The third-order valence-electron chi connectivity index (χ3n) is 4.71. The predicted octanol–water partition coefficient (Wildman–Crippen LogP) is -0.526. The molecule has 2 heterocycles. The zero-order valence-corrected chi connectivity index (χ0v) is 11.7. The van der Waals surface area contributed by atoms with Gasteiger partial charge in [-0.15, -0.1) is 0 Å². The molecule has 4 N–H and O–H groups in total. The van der Waals surface area contributed by atoms with Crippen molar-refractivity contribution in [3.05, 3.63) is 11.8 Å². The molecule has 1 spiro atoms. The Balaban J connectivity index is 2.01. The molecule has 0 aromatic heterocycles. The molecule has 108 valence electrons. The number of hydrogen-bond acceptors (Lipinski definition) is 4. The molecule has 3 aliphatic rings. The molecule has 20 heavy (non-hydrogen) atoms. The summed E-state index contributed by atoms with van der Waals surface area (Å²) in [7, 11) is 1.79. The molecule has 1 atom stereocenters. The average Bonchev–Trinajstić information content (AvgIpc) is 3.04. The number of carbonyl (C=O) groups is 2. The van der Waals surface area contributed by atoms with E-state index in [2.05, 4.69) is 5.32 Å². The maximum Gasteiger partial charge on any atom is 0.344 e. The number of nitrogens with two attached hydrogens (primary N) is 1. The number of likely N-dealkylation sites (tertiary alicyclic amines) is 1. The number of hydrogen-bond donors (Lipinski definition) is 3. The number of amides is 2. The fourth-order valence-electron chi connectivity index (χ4n) is 3.90. The predicted molar refractivity (Wildman–Crippen MR) is 72.9 cm³/mol. The number of carbonyl (C=O) groups excluding carboxylic acids is 2. The number of amidine groups is 1. The Morgan fingerprint density at radius 1 is 1.35 bits per heavy atom. The average molecular weight is 277 g/mol. The third kappa shape index (κ3) is 1.78. The van der Waals surface area contributed by atoms with E-state index in [0.29, 0.717) is 12.3 Å². The molecule has 6 heteroatoms. The van der Waals surface area contributed by atoms with Crippen molar-refractivity contribution in [2.24, 2.45) is 0 Å². The van der Waals surface area contributed by atoms with Crippen molar-refractivity contribution in [1.29, 1.82) is 5.41 Å². The van der Waals surface area contributed by atoms with Crippen LogP contribution in [0.25, 0.3) is 0 Å². The maximum atomic E-state index is 12.4. The molecule has 0 aromatic carbocycles. The van der Waals surface area contributed by atoms with Gasteiger partial charge in [-0.05, 0) is 12.8 Å².